The van der Waals surface area contributed by atoms with Gasteiger partial charge < -0.3 is 18.9 Å². The van der Waals surface area contributed by atoms with Crippen LogP contribution in [0.3, 0.4) is 0 Å². The molecule has 7 heteroatoms. The summed E-state index contributed by atoms with van der Waals surface area (Å²) in [6, 6.07) is 9.34. The molecule has 1 amide bonds. The Labute approximate surface area is 153 Å². The normalized spacial score (nSPS) is 16.3. The van der Waals surface area contributed by atoms with Crippen LogP contribution in [0.1, 0.15) is 34.8 Å². The van der Waals surface area contributed by atoms with Gasteiger partial charge in [-0.2, -0.15) is 0 Å². The summed E-state index contributed by atoms with van der Waals surface area (Å²) < 4.78 is 15.9. The summed E-state index contributed by atoms with van der Waals surface area (Å²) in [5.74, 6) is 1.32. The van der Waals surface area contributed by atoms with E-state index in [1.54, 1.807) is 25.1 Å². The molecule has 2 heterocycles. The summed E-state index contributed by atoms with van der Waals surface area (Å²) in [4.78, 5) is 16.6. The number of ether oxygens (including phenoxy) is 2. The molecule has 0 radical (unpaired) electrons. The minimum absolute atomic E-state index is 0.0900. The topological polar surface area (TPSA) is 68.0 Å². The third-order valence-corrected chi connectivity index (χ3v) is 4.76. The number of benzene rings is 1. The third kappa shape index (κ3) is 4.23. The van der Waals surface area contributed by atoms with Crippen LogP contribution in [0.25, 0.3) is 0 Å². The summed E-state index contributed by atoms with van der Waals surface area (Å²) in [6.45, 7) is 5.79. The smallest absolute Gasteiger partial charge is 0.276 e. The molecule has 140 valence electrons. The number of amides is 1. The summed E-state index contributed by atoms with van der Waals surface area (Å²) in [6.07, 6.45) is 0. The van der Waals surface area contributed by atoms with E-state index in [2.05, 4.69) is 10.1 Å². The lowest BCUT2D eigenvalue weighted by atomic mass is 10.1. The second-order valence-electron chi connectivity index (χ2n) is 6.43. The van der Waals surface area contributed by atoms with Gasteiger partial charge in [-0.05, 0) is 24.6 Å². The molecule has 1 atom stereocenters. The molecular weight excluding hydrogens is 334 g/mol. The zero-order chi connectivity index (χ0) is 18.5. The summed E-state index contributed by atoms with van der Waals surface area (Å²) in [7, 11) is 3.40. The van der Waals surface area contributed by atoms with Crippen LogP contribution < -0.4 is 4.74 Å². The predicted octanol–water partition coefficient (Wildman–Crippen LogP) is 2.35. The highest BCUT2D eigenvalue weighted by atomic mass is 16.5. The van der Waals surface area contributed by atoms with Crippen molar-refractivity contribution in [3.63, 3.8) is 0 Å². The van der Waals surface area contributed by atoms with E-state index in [9.17, 15) is 4.79 Å². The van der Waals surface area contributed by atoms with Gasteiger partial charge in [0.25, 0.3) is 5.91 Å². The fourth-order valence-electron chi connectivity index (χ4n) is 2.93. The van der Waals surface area contributed by atoms with E-state index < -0.39 is 0 Å². The summed E-state index contributed by atoms with van der Waals surface area (Å²) in [5.41, 5.74) is 1.36. The first-order valence-corrected chi connectivity index (χ1v) is 8.75. The summed E-state index contributed by atoms with van der Waals surface area (Å²) >= 11 is 0. The second-order valence-corrected chi connectivity index (χ2v) is 6.43. The number of morpholine rings is 1. The largest absolute Gasteiger partial charge is 0.497 e. The molecule has 1 aromatic carbocycles. The molecule has 0 aliphatic carbocycles. The fraction of sp³-hybridized carbons (Fsp3) is 0.474. The van der Waals surface area contributed by atoms with Crippen molar-refractivity contribution in [3.05, 3.63) is 47.3 Å². The van der Waals surface area contributed by atoms with Crippen molar-refractivity contribution in [1.82, 2.24) is 15.0 Å². The number of hydrogen-bond acceptors (Lipinski definition) is 6. The van der Waals surface area contributed by atoms with Gasteiger partial charge in [0, 0.05) is 26.2 Å². The van der Waals surface area contributed by atoms with E-state index in [0.717, 1.165) is 37.6 Å². The number of carbonyl (C=O) groups excluding carboxylic acids is 1. The van der Waals surface area contributed by atoms with Gasteiger partial charge in [0.2, 0.25) is 0 Å². The van der Waals surface area contributed by atoms with Crippen molar-refractivity contribution >= 4 is 5.91 Å². The monoisotopic (exact) mass is 359 g/mol. The van der Waals surface area contributed by atoms with E-state index in [-0.39, 0.29) is 11.9 Å². The van der Waals surface area contributed by atoms with Crippen LogP contribution in [0.4, 0.5) is 0 Å². The molecule has 1 saturated heterocycles. The molecule has 0 spiro atoms. The number of methoxy groups -OCH3 is 1. The Morgan fingerprint density at radius 2 is 2.00 bits per heavy atom. The maximum atomic E-state index is 12.7. The molecule has 0 bridgehead atoms. The molecule has 3 rings (SSSR count). The number of aromatic nitrogens is 1. The molecule has 7 nitrogen and oxygen atoms in total. The highest BCUT2D eigenvalue weighted by Gasteiger charge is 2.23. The Morgan fingerprint density at radius 1 is 1.31 bits per heavy atom. The van der Waals surface area contributed by atoms with Gasteiger partial charge in [-0.3, -0.25) is 9.69 Å². The van der Waals surface area contributed by atoms with Gasteiger partial charge in [-0.15, -0.1) is 0 Å². The molecule has 0 saturated carbocycles. The molecule has 0 N–H and O–H groups in total. The molecular formula is C19H25N3O4. The van der Waals surface area contributed by atoms with E-state index in [0.29, 0.717) is 18.0 Å². The van der Waals surface area contributed by atoms with Crippen molar-refractivity contribution in [2.75, 3.05) is 40.5 Å². The Morgan fingerprint density at radius 3 is 2.65 bits per heavy atom. The lowest BCUT2D eigenvalue weighted by Gasteiger charge is -2.25. The Bertz CT molecular complexity index is 723. The van der Waals surface area contributed by atoms with Gasteiger partial charge in [-0.1, -0.05) is 17.3 Å². The molecule has 1 aliphatic rings. The maximum Gasteiger partial charge on any atom is 0.276 e. The lowest BCUT2D eigenvalue weighted by molar-refractivity contribution is 0.0305. The molecule has 1 fully saturated rings. The second kappa shape index (κ2) is 8.33. The van der Waals surface area contributed by atoms with Gasteiger partial charge in [-0.25, -0.2) is 0 Å². The average Bonchev–Trinajstić information content (AvgIpc) is 3.15. The van der Waals surface area contributed by atoms with Crippen molar-refractivity contribution in [2.24, 2.45) is 0 Å². The minimum Gasteiger partial charge on any atom is -0.497 e. The molecule has 26 heavy (non-hydrogen) atoms. The standard InChI is InChI=1S/C19H25N3O4/c1-14(15-4-6-16(24-3)7-5-15)21(2)19(23)18-12-17(26-20-18)13-22-8-10-25-11-9-22/h4-7,12,14H,8-11,13H2,1-3H3/t14-/m0/s1. The van der Waals surface area contributed by atoms with Gasteiger partial charge in [0.1, 0.15) is 5.75 Å². The van der Waals surface area contributed by atoms with Crippen LogP contribution in [-0.4, -0.2) is 61.3 Å². The van der Waals surface area contributed by atoms with E-state index in [1.165, 1.54) is 0 Å². The van der Waals surface area contributed by atoms with Gasteiger partial charge in [0.05, 0.1) is 32.9 Å². The Balaban J connectivity index is 1.63. The Kier molecular flexibility index (Phi) is 5.90. The molecule has 0 unspecified atom stereocenters. The number of rotatable bonds is 6. The van der Waals surface area contributed by atoms with Gasteiger partial charge in [0.15, 0.2) is 11.5 Å². The van der Waals surface area contributed by atoms with E-state index >= 15 is 0 Å². The van der Waals surface area contributed by atoms with Crippen molar-refractivity contribution in [2.45, 2.75) is 19.5 Å². The Hall–Kier alpha value is -2.38. The lowest BCUT2D eigenvalue weighted by Crippen LogP contribution is -2.35. The maximum absolute atomic E-state index is 12.7. The third-order valence-electron chi connectivity index (χ3n) is 4.76. The zero-order valence-corrected chi connectivity index (χ0v) is 15.5. The van der Waals surface area contributed by atoms with Crippen LogP contribution >= 0.6 is 0 Å². The fourth-order valence-corrected chi connectivity index (χ4v) is 2.93. The average molecular weight is 359 g/mol. The number of nitrogens with zero attached hydrogens (tertiary/aromatic N) is 3. The van der Waals surface area contributed by atoms with E-state index in [4.69, 9.17) is 14.0 Å². The predicted molar refractivity (Wildman–Crippen MR) is 96.1 cm³/mol. The highest BCUT2D eigenvalue weighted by Crippen LogP contribution is 2.23. The van der Waals surface area contributed by atoms with Crippen LogP contribution in [-0.2, 0) is 11.3 Å². The van der Waals surface area contributed by atoms with Crippen LogP contribution in [0.15, 0.2) is 34.9 Å². The highest BCUT2D eigenvalue weighted by molar-refractivity contribution is 5.92. The van der Waals surface area contributed by atoms with Crippen LogP contribution in [0.5, 0.6) is 5.75 Å². The first kappa shape index (κ1) is 18.4. The zero-order valence-electron chi connectivity index (χ0n) is 15.5. The van der Waals surface area contributed by atoms with Crippen molar-refractivity contribution in [1.29, 1.82) is 0 Å². The van der Waals surface area contributed by atoms with Crippen molar-refractivity contribution in [3.8, 4) is 5.75 Å². The number of hydrogen-bond donors (Lipinski definition) is 0. The van der Waals surface area contributed by atoms with E-state index in [1.807, 2.05) is 31.2 Å². The quantitative estimate of drug-likeness (QED) is 0.789. The molecule has 1 aromatic heterocycles. The van der Waals surface area contributed by atoms with Gasteiger partial charge >= 0.3 is 0 Å². The first-order chi connectivity index (χ1) is 12.6. The molecule has 1 aliphatic heterocycles. The summed E-state index contributed by atoms with van der Waals surface area (Å²) in [5, 5.41) is 3.96. The molecule has 2 aromatic rings. The van der Waals surface area contributed by atoms with Crippen molar-refractivity contribution < 1.29 is 18.8 Å². The van der Waals surface area contributed by atoms with Crippen LogP contribution in [0, 0.1) is 0 Å². The van der Waals surface area contributed by atoms with Crippen LogP contribution in [0.2, 0.25) is 0 Å². The number of carbonyl (C=O) groups is 1. The SMILES string of the molecule is COc1ccc([C@H](C)N(C)C(=O)c2cc(CN3CCOCC3)on2)cc1. The first-order valence-electron chi connectivity index (χ1n) is 8.75. The minimum atomic E-state index is -0.162.